The number of hydrogen-bond acceptors (Lipinski definition) is 5. The average Bonchev–Trinajstić information content (AvgIpc) is 2.73. The van der Waals surface area contributed by atoms with Crippen LogP contribution in [0.2, 0.25) is 5.02 Å². The number of nitrogens with zero attached hydrogens (tertiary/aromatic N) is 2. The van der Waals surface area contributed by atoms with Gasteiger partial charge in [0.25, 0.3) is 0 Å². The number of sulfonamides is 1. The van der Waals surface area contributed by atoms with E-state index in [1.807, 2.05) is 20.8 Å². The maximum absolute atomic E-state index is 13.5. The van der Waals surface area contributed by atoms with Gasteiger partial charge in [-0.05, 0) is 57.5 Å². The second-order valence-corrected chi connectivity index (χ2v) is 11.4. The number of hydrogen-bond donors (Lipinski definition) is 1. The van der Waals surface area contributed by atoms with E-state index in [2.05, 4.69) is 5.32 Å². The first kappa shape index (κ1) is 27.5. The fourth-order valence-electron chi connectivity index (χ4n) is 3.27. The van der Waals surface area contributed by atoms with Gasteiger partial charge in [0, 0.05) is 23.2 Å². The van der Waals surface area contributed by atoms with E-state index >= 15 is 0 Å². The minimum absolute atomic E-state index is 0.0772. The van der Waals surface area contributed by atoms with Gasteiger partial charge in [-0.1, -0.05) is 29.8 Å². The van der Waals surface area contributed by atoms with Gasteiger partial charge in [-0.3, -0.25) is 13.9 Å². The number of methoxy groups -OCH3 is 1. The quantitative estimate of drug-likeness (QED) is 0.558. The smallest absolute Gasteiger partial charge is 0.244 e. The van der Waals surface area contributed by atoms with Crippen LogP contribution < -0.4 is 14.4 Å². The second kappa shape index (κ2) is 11.1. The van der Waals surface area contributed by atoms with E-state index in [-0.39, 0.29) is 18.1 Å². The largest absolute Gasteiger partial charge is 0.497 e. The minimum Gasteiger partial charge on any atom is -0.497 e. The van der Waals surface area contributed by atoms with Crippen LogP contribution in [0.25, 0.3) is 0 Å². The molecule has 0 aliphatic rings. The van der Waals surface area contributed by atoms with Gasteiger partial charge in [0.15, 0.2) is 0 Å². The molecule has 0 aromatic heterocycles. The Kier molecular flexibility index (Phi) is 8.96. The molecule has 0 aliphatic heterocycles. The van der Waals surface area contributed by atoms with Crippen LogP contribution in [-0.2, 0) is 26.2 Å². The Balaban J connectivity index is 2.42. The number of carbonyl (C=O) groups is 2. The van der Waals surface area contributed by atoms with E-state index in [1.54, 1.807) is 49.4 Å². The van der Waals surface area contributed by atoms with Crippen molar-refractivity contribution in [2.45, 2.75) is 45.8 Å². The third kappa shape index (κ3) is 7.92. The maximum atomic E-state index is 13.5. The van der Waals surface area contributed by atoms with Crippen molar-refractivity contribution in [3.63, 3.8) is 0 Å². The van der Waals surface area contributed by atoms with Crippen LogP contribution in [0.3, 0.4) is 0 Å². The van der Waals surface area contributed by atoms with E-state index in [0.29, 0.717) is 16.3 Å². The molecule has 2 aromatic carbocycles. The lowest BCUT2D eigenvalue weighted by Gasteiger charge is -2.33. The van der Waals surface area contributed by atoms with E-state index < -0.39 is 34.1 Å². The van der Waals surface area contributed by atoms with Crippen molar-refractivity contribution in [1.29, 1.82) is 0 Å². The van der Waals surface area contributed by atoms with Gasteiger partial charge in [0.2, 0.25) is 21.8 Å². The molecule has 10 heteroatoms. The minimum atomic E-state index is -3.82. The zero-order valence-corrected chi connectivity index (χ0v) is 21.9. The highest BCUT2D eigenvalue weighted by molar-refractivity contribution is 7.92. The number of nitrogens with one attached hydrogen (secondary N) is 1. The molecule has 0 bridgehead atoms. The van der Waals surface area contributed by atoms with Gasteiger partial charge in [0.05, 0.1) is 19.1 Å². The molecule has 1 atom stereocenters. The SMILES string of the molecule is COc1cccc(N(CC(=O)N(Cc2cccc(Cl)c2)C(C)C(=O)NC(C)(C)C)S(C)(=O)=O)c1. The topological polar surface area (TPSA) is 96.0 Å². The monoisotopic (exact) mass is 509 g/mol. The summed E-state index contributed by atoms with van der Waals surface area (Å²) in [6.07, 6.45) is 1.02. The molecule has 2 aromatic rings. The molecule has 186 valence electrons. The second-order valence-electron chi connectivity index (χ2n) is 9.04. The lowest BCUT2D eigenvalue weighted by atomic mass is 10.1. The molecule has 2 amide bonds. The zero-order chi connectivity index (χ0) is 25.7. The molecular formula is C24H32ClN3O5S. The molecule has 1 unspecified atom stereocenters. The summed E-state index contributed by atoms with van der Waals surface area (Å²) in [6.45, 7) is 6.73. The molecule has 0 saturated carbocycles. The maximum Gasteiger partial charge on any atom is 0.244 e. The van der Waals surface area contributed by atoms with E-state index in [9.17, 15) is 18.0 Å². The van der Waals surface area contributed by atoms with Gasteiger partial charge in [-0.15, -0.1) is 0 Å². The van der Waals surface area contributed by atoms with Gasteiger partial charge in [-0.25, -0.2) is 8.42 Å². The number of halogens is 1. The predicted molar refractivity (Wildman–Crippen MR) is 135 cm³/mol. The summed E-state index contributed by atoms with van der Waals surface area (Å²) in [4.78, 5) is 27.8. The van der Waals surface area contributed by atoms with Gasteiger partial charge in [0.1, 0.15) is 18.3 Å². The lowest BCUT2D eigenvalue weighted by molar-refractivity contribution is -0.140. The summed E-state index contributed by atoms with van der Waals surface area (Å²) in [5.74, 6) is -0.438. The fraction of sp³-hybridized carbons (Fsp3) is 0.417. The van der Waals surface area contributed by atoms with Crippen LogP contribution in [-0.4, -0.2) is 56.6 Å². The molecule has 0 saturated heterocycles. The Bertz CT molecular complexity index is 1130. The van der Waals surface area contributed by atoms with Crippen molar-refractivity contribution >= 4 is 39.1 Å². The van der Waals surface area contributed by atoms with Crippen molar-refractivity contribution in [2.75, 3.05) is 24.2 Å². The first-order chi connectivity index (χ1) is 15.7. The van der Waals surface area contributed by atoms with Crippen molar-refractivity contribution < 1.29 is 22.7 Å². The highest BCUT2D eigenvalue weighted by atomic mass is 35.5. The Labute approximate surface area is 206 Å². The van der Waals surface area contributed by atoms with E-state index in [4.69, 9.17) is 16.3 Å². The molecule has 0 fully saturated rings. The highest BCUT2D eigenvalue weighted by Gasteiger charge is 2.31. The summed E-state index contributed by atoms with van der Waals surface area (Å²) in [6, 6.07) is 12.5. The standard InChI is InChI=1S/C24H32ClN3O5S/c1-17(23(30)26-24(2,3)4)27(15-18-9-7-10-19(25)13-18)22(29)16-28(34(6,31)32)20-11-8-12-21(14-20)33-5/h7-14,17H,15-16H2,1-6H3,(H,26,30). The first-order valence-electron chi connectivity index (χ1n) is 10.7. The lowest BCUT2D eigenvalue weighted by Crippen LogP contribution is -2.54. The van der Waals surface area contributed by atoms with Crippen molar-refractivity contribution in [3.05, 3.63) is 59.1 Å². The van der Waals surface area contributed by atoms with Crippen molar-refractivity contribution in [2.24, 2.45) is 0 Å². The van der Waals surface area contributed by atoms with Crippen LogP contribution in [0.1, 0.15) is 33.3 Å². The molecule has 34 heavy (non-hydrogen) atoms. The molecule has 0 radical (unpaired) electrons. The zero-order valence-electron chi connectivity index (χ0n) is 20.3. The van der Waals surface area contributed by atoms with E-state index in [1.165, 1.54) is 18.1 Å². The van der Waals surface area contributed by atoms with Gasteiger partial charge < -0.3 is 15.0 Å². The number of amides is 2. The summed E-state index contributed by atoms with van der Waals surface area (Å²) in [5.41, 5.74) is 0.489. The van der Waals surface area contributed by atoms with Crippen LogP contribution in [0, 0.1) is 0 Å². The van der Waals surface area contributed by atoms with Gasteiger partial charge in [-0.2, -0.15) is 0 Å². The Morgan fingerprint density at radius 3 is 2.32 bits per heavy atom. The number of rotatable bonds is 9. The number of ether oxygens (including phenoxy) is 1. The van der Waals surface area contributed by atoms with Crippen LogP contribution in [0.5, 0.6) is 5.75 Å². The normalized spacial score (nSPS) is 12.6. The number of anilines is 1. The van der Waals surface area contributed by atoms with Crippen molar-refractivity contribution in [3.8, 4) is 5.75 Å². The fourth-order valence-corrected chi connectivity index (χ4v) is 4.32. The van der Waals surface area contributed by atoms with Crippen molar-refractivity contribution in [1.82, 2.24) is 10.2 Å². The summed E-state index contributed by atoms with van der Waals surface area (Å²) in [7, 11) is -2.35. The summed E-state index contributed by atoms with van der Waals surface area (Å²) < 4.78 is 31.4. The molecule has 0 heterocycles. The van der Waals surface area contributed by atoms with Crippen LogP contribution >= 0.6 is 11.6 Å². The third-order valence-electron chi connectivity index (χ3n) is 4.93. The Morgan fingerprint density at radius 1 is 1.12 bits per heavy atom. The molecule has 2 rings (SSSR count). The van der Waals surface area contributed by atoms with Crippen LogP contribution in [0.15, 0.2) is 48.5 Å². The third-order valence-corrected chi connectivity index (χ3v) is 6.30. The molecule has 8 nitrogen and oxygen atoms in total. The number of carbonyl (C=O) groups excluding carboxylic acids is 2. The van der Waals surface area contributed by atoms with E-state index in [0.717, 1.165) is 10.6 Å². The first-order valence-corrected chi connectivity index (χ1v) is 12.9. The molecule has 1 N–H and O–H groups in total. The molecule has 0 spiro atoms. The summed E-state index contributed by atoms with van der Waals surface area (Å²) >= 11 is 6.11. The number of benzene rings is 2. The molecule has 0 aliphatic carbocycles. The van der Waals surface area contributed by atoms with Crippen LogP contribution in [0.4, 0.5) is 5.69 Å². The highest BCUT2D eigenvalue weighted by Crippen LogP contribution is 2.24. The summed E-state index contributed by atoms with van der Waals surface area (Å²) in [5, 5.41) is 3.37. The average molecular weight is 510 g/mol. The predicted octanol–water partition coefficient (Wildman–Crippen LogP) is 3.45. The Hall–Kier alpha value is -2.78. The van der Waals surface area contributed by atoms with Gasteiger partial charge >= 0.3 is 0 Å². The Morgan fingerprint density at radius 2 is 1.76 bits per heavy atom. The molecular weight excluding hydrogens is 478 g/mol.